The van der Waals surface area contributed by atoms with E-state index >= 15 is 0 Å². The van der Waals surface area contributed by atoms with Crippen molar-refractivity contribution in [3.63, 3.8) is 0 Å². The van der Waals surface area contributed by atoms with E-state index in [1.165, 1.54) is 12.8 Å². The summed E-state index contributed by atoms with van der Waals surface area (Å²) in [4.78, 5) is 28.7. The van der Waals surface area contributed by atoms with Crippen molar-refractivity contribution in [1.29, 1.82) is 0 Å². The number of rotatable bonds is 2. The lowest BCUT2D eigenvalue weighted by atomic mass is 10.1. The Morgan fingerprint density at radius 2 is 1.82 bits per heavy atom. The van der Waals surface area contributed by atoms with Gasteiger partial charge in [0, 0.05) is 0 Å². The van der Waals surface area contributed by atoms with Crippen LogP contribution in [0.4, 0.5) is 11.4 Å². The van der Waals surface area contributed by atoms with Crippen molar-refractivity contribution in [2.45, 2.75) is 38.6 Å². The maximum atomic E-state index is 12.9. The first-order valence-corrected chi connectivity index (χ1v) is 8.11. The normalized spacial score (nSPS) is 20.8. The number of nitrogens with zero attached hydrogens (tertiary/aromatic N) is 2. The lowest BCUT2D eigenvalue weighted by Crippen LogP contribution is -2.51. The Bertz CT molecular complexity index is 565. The van der Waals surface area contributed by atoms with Crippen molar-refractivity contribution in [3.8, 4) is 0 Å². The highest BCUT2D eigenvalue weighted by atomic mass is 16.2. The van der Waals surface area contributed by atoms with Crippen LogP contribution in [0.2, 0.25) is 0 Å². The lowest BCUT2D eigenvalue weighted by Gasteiger charge is -2.34. The predicted octanol–water partition coefficient (Wildman–Crippen LogP) is 2.24. The molecule has 1 N–H and O–H groups in total. The minimum atomic E-state index is -0.183. The number of hydrogen-bond donors (Lipinski definition) is 1. The molecule has 22 heavy (non-hydrogen) atoms. The Hall–Kier alpha value is -1.88. The van der Waals surface area contributed by atoms with E-state index in [9.17, 15) is 9.59 Å². The second kappa shape index (κ2) is 6.48. The second-order valence-electron chi connectivity index (χ2n) is 6.12. The van der Waals surface area contributed by atoms with Crippen LogP contribution < -0.4 is 10.2 Å². The maximum Gasteiger partial charge on any atom is 0.244 e. The largest absolute Gasteiger partial charge is 0.323 e. The minimum absolute atomic E-state index is 0.0178. The fourth-order valence-corrected chi connectivity index (χ4v) is 3.29. The summed E-state index contributed by atoms with van der Waals surface area (Å²) in [6.45, 7) is 4.00. The third kappa shape index (κ3) is 2.99. The molecule has 1 aromatic carbocycles. The molecule has 0 aromatic heterocycles. The van der Waals surface area contributed by atoms with Crippen molar-refractivity contribution in [1.82, 2.24) is 4.90 Å². The summed E-state index contributed by atoms with van der Waals surface area (Å²) >= 11 is 0. The number of benzene rings is 1. The highest BCUT2D eigenvalue weighted by Crippen LogP contribution is 2.30. The third-order valence-electron chi connectivity index (χ3n) is 4.58. The van der Waals surface area contributed by atoms with Gasteiger partial charge in [0.1, 0.15) is 6.54 Å². The number of carbonyl (C=O) groups is 2. The molecule has 2 heterocycles. The Kier molecular flexibility index (Phi) is 4.43. The smallest absolute Gasteiger partial charge is 0.244 e. The molecule has 3 rings (SSSR count). The summed E-state index contributed by atoms with van der Waals surface area (Å²) in [5, 5.41) is 2.83. The molecule has 1 aromatic rings. The molecule has 2 amide bonds. The first-order chi connectivity index (χ1) is 10.7. The van der Waals surface area contributed by atoms with E-state index in [0.717, 1.165) is 37.3 Å². The van der Waals surface area contributed by atoms with E-state index in [2.05, 4.69) is 10.2 Å². The van der Waals surface area contributed by atoms with E-state index in [4.69, 9.17) is 0 Å². The van der Waals surface area contributed by atoms with Gasteiger partial charge in [0.25, 0.3) is 0 Å². The van der Waals surface area contributed by atoms with Gasteiger partial charge in [-0.05, 0) is 45.0 Å². The molecule has 5 nitrogen and oxygen atoms in total. The van der Waals surface area contributed by atoms with Crippen LogP contribution in [0.1, 0.15) is 32.6 Å². The monoisotopic (exact) mass is 301 g/mol. The summed E-state index contributed by atoms with van der Waals surface area (Å²) in [7, 11) is 0. The molecule has 2 aliphatic heterocycles. The molecule has 0 bridgehead atoms. The van der Waals surface area contributed by atoms with Crippen molar-refractivity contribution in [2.75, 3.05) is 29.9 Å². The number of fused-ring (bicyclic) bond motifs is 1. The van der Waals surface area contributed by atoms with Crippen LogP contribution in [0, 0.1) is 0 Å². The summed E-state index contributed by atoms with van der Waals surface area (Å²) in [6.07, 6.45) is 4.78. The quantitative estimate of drug-likeness (QED) is 0.911. The SMILES string of the molecule is CC(C(=O)N1CC(=O)Nc2ccccc21)N1CCCCCC1. The summed E-state index contributed by atoms with van der Waals surface area (Å²) in [6, 6.07) is 7.31. The summed E-state index contributed by atoms with van der Waals surface area (Å²) in [5.41, 5.74) is 1.52. The van der Waals surface area contributed by atoms with E-state index in [1.807, 2.05) is 31.2 Å². The van der Waals surface area contributed by atoms with Gasteiger partial charge in [-0.1, -0.05) is 25.0 Å². The lowest BCUT2D eigenvalue weighted by molar-refractivity contribution is -0.125. The molecule has 5 heteroatoms. The second-order valence-corrected chi connectivity index (χ2v) is 6.12. The van der Waals surface area contributed by atoms with Gasteiger partial charge in [0.05, 0.1) is 17.4 Å². The molecule has 1 saturated heterocycles. The topological polar surface area (TPSA) is 52.7 Å². The van der Waals surface area contributed by atoms with Crippen LogP contribution in [0.5, 0.6) is 0 Å². The average Bonchev–Trinajstić information content (AvgIpc) is 2.82. The third-order valence-corrected chi connectivity index (χ3v) is 4.58. The van der Waals surface area contributed by atoms with Crippen LogP contribution in [-0.2, 0) is 9.59 Å². The molecular weight excluding hydrogens is 278 g/mol. The maximum absolute atomic E-state index is 12.9. The van der Waals surface area contributed by atoms with Crippen LogP contribution in [-0.4, -0.2) is 42.4 Å². The molecule has 0 radical (unpaired) electrons. The molecule has 0 spiro atoms. The van der Waals surface area contributed by atoms with Gasteiger partial charge in [-0.3, -0.25) is 19.4 Å². The van der Waals surface area contributed by atoms with Crippen LogP contribution in [0.3, 0.4) is 0 Å². The molecule has 0 aliphatic carbocycles. The summed E-state index contributed by atoms with van der Waals surface area (Å²) < 4.78 is 0. The molecule has 118 valence electrons. The van der Waals surface area contributed by atoms with E-state index in [-0.39, 0.29) is 24.4 Å². The minimum Gasteiger partial charge on any atom is -0.323 e. The van der Waals surface area contributed by atoms with Gasteiger partial charge >= 0.3 is 0 Å². The van der Waals surface area contributed by atoms with Crippen LogP contribution >= 0.6 is 0 Å². The van der Waals surface area contributed by atoms with E-state index in [1.54, 1.807) is 4.90 Å². The zero-order valence-corrected chi connectivity index (χ0v) is 13.0. The van der Waals surface area contributed by atoms with Gasteiger partial charge in [-0.15, -0.1) is 0 Å². The number of anilines is 2. The number of likely N-dealkylation sites (tertiary alicyclic amines) is 1. The standard InChI is InChI=1S/C17H23N3O2/c1-13(19-10-6-2-3-7-11-19)17(22)20-12-16(21)18-14-8-4-5-9-15(14)20/h4-5,8-9,13H,2-3,6-7,10-12H2,1H3,(H,18,21). The number of nitrogens with one attached hydrogen (secondary N) is 1. The number of carbonyl (C=O) groups excluding carboxylic acids is 2. The number of hydrogen-bond acceptors (Lipinski definition) is 3. The molecule has 2 aliphatic rings. The predicted molar refractivity (Wildman–Crippen MR) is 86.9 cm³/mol. The Balaban J connectivity index is 1.80. The van der Waals surface area contributed by atoms with Gasteiger partial charge in [-0.25, -0.2) is 0 Å². The van der Waals surface area contributed by atoms with Crippen molar-refractivity contribution < 1.29 is 9.59 Å². The van der Waals surface area contributed by atoms with Crippen LogP contribution in [0.25, 0.3) is 0 Å². The Morgan fingerprint density at radius 3 is 2.55 bits per heavy atom. The fourth-order valence-electron chi connectivity index (χ4n) is 3.29. The van der Waals surface area contributed by atoms with E-state index < -0.39 is 0 Å². The van der Waals surface area contributed by atoms with Crippen LogP contribution in [0.15, 0.2) is 24.3 Å². The fraction of sp³-hybridized carbons (Fsp3) is 0.529. The number of para-hydroxylation sites is 2. The van der Waals surface area contributed by atoms with Crippen molar-refractivity contribution in [3.05, 3.63) is 24.3 Å². The van der Waals surface area contributed by atoms with Crippen molar-refractivity contribution in [2.24, 2.45) is 0 Å². The highest BCUT2D eigenvalue weighted by molar-refractivity contribution is 6.11. The first kappa shape index (κ1) is 15.0. The first-order valence-electron chi connectivity index (χ1n) is 8.11. The molecular formula is C17H23N3O2. The highest BCUT2D eigenvalue weighted by Gasteiger charge is 2.32. The summed E-state index contributed by atoms with van der Waals surface area (Å²) in [5.74, 6) is -0.112. The Morgan fingerprint density at radius 1 is 1.14 bits per heavy atom. The zero-order valence-electron chi connectivity index (χ0n) is 13.0. The van der Waals surface area contributed by atoms with Crippen molar-refractivity contribution >= 4 is 23.2 Å². The van der Waals surface area contributed by atoms with Gasteiger partial charge in [-0.2, -0.15) is 0 Å². The Labute approximate surface area is 131 Å². The molecule has 1 unspecified atom stereocenters. The van der Waals surface area contributed by atoms with Gasteiger partial charge in [0.15, 0.2) is 0 Å². The van der Waals surface area contributed by atoms with E-state index in [0.29, 0.717) is 0 Å². The molecule has 1 atom stereocenters. The average molecular weight is 301 g/mol. The van der Waals surface area contributed by atoms with Gasteiger partial charge < -0.3 is 5.32 Å². The van der Waals surface area contributed by atoms with Gasteiger partial charge in [0.2, 0.25) is 11.8 Å². The molecule has 1 fully saturated rings. The molecule has 0 saturated carbocycles. The zero-order chi connectivity index (χ0) is 15.5. The number of amides is 2.